The highest BCUT2D eigenvalue weighted by atomic mass is 16.7. The number of carboxylic acids is 1. The van der Waals surface area contributed by atoms with Gasteiger partial charge >= 0.3 is 17.9 Å². The first-order valence-corrected chi connectivity index (χ1v) is 7.81. The van der Waals surface area contributed by atoms with Crippen molar-refractivity contribution in [3.63, 3.8) is 0 Å². The van der Waals surface area contributed by atoms with Gasteiger partial charge in [0, 0.05) is 13.8 Å². The zero-order chi connectivity index (χ0) is 18.4. The van der Waals surface area contributed by atoms with Crippen LogP contribution in [0.25, 0.3) is 0 Å². The Kier molecular flexibility index (Phi) is 6.35. The molecule has 0 amide bonds. The summed E-state index contributed by atoms with van der Waals surface area (Å²) in [5, 5.41) is 8.91. The second-order valence-electron chi connectivity index (χ2n) is 5.60. The highest BCUT2D eigenvalue weighted by Gasteiger charge is 2.35. The van der Waals surface area contributed by atoms with Gasteiger partial charge in [0.2, 0.25) is 6.29 Å². The van der Waals surface area contributed by atoms with Crippen molar-refractivity contribution in [1.82, 2.24) is 0 Å². The van der Waals surface area contributed by atoms with E-state index < -0.39 is 30.3 Å². The van der Waals surface area contributed by atoms with Crippen molar-refractivity contribution in [2.24, 2.45) is 0 Å². The summed E-state index contributed by atoms with van der Waals surface area (Å²) in [6.45, 7) is 2.69. The zero-order valence-corrected chi connectivity index (χ0v) is 14.0. The summed E-state index contributed by atoms with van der Waals surface area (Å²) >= 11 is 0. The molecular formula is C17H20O8. The number of carboxylic acid groups (broad SMARTS) is 1. The monoisotopic (exact) mass is 352 g/mol. The smallest absolute Gasteiger partial charge is 0.335 e. The van der Waals surface area contributed by atoms with E-state index in [1.54, 1.807) is 0 Å². The van der Waals surface area contributed by atoms with Crippen LogP contribution in [0, 0.1) is 0 Å². The molecule has 0 aliphatic carbocycles. The number of carbonyl (C=O) groups excluding carboxylic acids is 2. The summed E-state index contributed by atoms with van der Waals surface area (Å²) in [5.41, 5.74) is 0.126. The van der Waals surface area contributed by atoms with Gasteiger partial charge in [0.05, 0.1) is 11.7 Å². The molecule has 0 bridgehead atoms. The molecule has 8 heteroatoms. The molecule has 8 nitrogen and oxygen atoms in total. The van der Waals surface area contributed by atoms with Crippen LogP contribution >= 0.6 is 0 Å². The number of hydrogen-bond donors (Lipinski definition) is 1. The molecule has 3 atom stereocenters. The maximum absolute atomic E-state index is 11.3. The average molecular weight is 352 g/mol. The maximum atomic E-state index is 11.3. The van der Waals surface area contributed by atoms with E-state index in [2.05, 4.69) is 0 Å². The number of esters is 2. The summed E-state index contributed by atoms with van der Waals surface area (Å²) in [6.07, 6.45) is -0.829. The topological polar surface area (TPSA) is 108 Å². The molecular weight excluding hydrogens is 332 g/mol. The lowest BCUT2D eigenvalue weighted by Crippen LogP contribution is -2.46. The first kappa shape index (κ1) is 18.7. The standard InChI is InChI=1S/C17H20O8/c1-10(18)22-9-14-7-8-15(23-11(2)19)17(25-14)24-13-5-3-12(4-6-13)16(20)21/h3-6,14-15,17H,7-9H2,1-2H3,(H,20,21). The summed E-state index contributed by atoms with van der Waals surface area (Å²) in [6, 6.07) is 5.79. The SMILES string of the molecule is CC(=O)OCC1CCC(OC(C)=O)C(Oc2ccc(C(=O)O)cc2)O1. The summed E-state index contributed by atoms with van der Waals surface area (Å²) in [4.78, 5) is 33.1. The van der Waals surface area contributed by atoms with E-state index in [4.69, 9.17) is 24.1 Å². The Bertz CT molecular complexity index is 624. The minimum atomic E-state index is -1.04. The predicted octanol–water partition coefficient (Wildman–Crippen LogP) is 1.76. The molecule has 0 saturated carbocycles. The van der Waals surface area contributed by atoms with Gasteiger partial charge in [0.15, 0.2) is 6.10 Å². The average Bonchev–Trinajstić information content (AvgIpc) is 2.55. The number of rotatable bonds is 6. The highest BCUT2D eigenvalue weighted by molar-refractivity contribution is 5.87. The van der Waals surface area contributed by atoms with E-state index in [0.29, 0.717) is 18.6 Å². The molecule has 3 unspecified atom stereocenters. The van der Waals surface area contributed by atoms with Gasteiger partial charge in [0.25, 0.3) is 0 Å². The van der Waals surface area contributed by atoms with Gasteiger partial charge in [-0.3, -0.25) is 9.59 Å². The van der Waals surface area contributed by atoms with E-state index in [9.17, 15) is 14.4 Å². The first-order chi connectivity index (χ1) is 11.8. The molecule has 0 aromatic heterocycles. The van der Waals surface area contributed by atoms with Gasteiger partial charge in [-0.05, 0) is 37.1 Å². The Hall–Kier alpha value is -2.61. The van der Waals surface area contributed by atoms with Gasteiger partial charge in [-0.15, -0.1) is 0 Å². The normalized spacial score (nSPS) is 22.7. The second-order valence-corrected chi connectivity index (χ2v) is 5.60. The molecule has 1 N–H and O–H groups in total. The lowest BCUT2D eigenvalue weighted by molar-refractivity contribution is -0.223. The summed E-state index contributed by atoms with van der Waals surface area (Å²) < 4.78 is 21.6. The lowest BCUT2D eigenvalue weighted by atomic mass is 10.1. The third-order valence-electron chi connectivity index (χ3n) is 3.55. The van der Waals surface area contributed by atoms with Gasteiger partial charge in [-0.1, -0.05) is 0 Å². The van der Waals surface area contributed by atoms with Gasteiger partial charge < -0.3 is 24.1 Å². The van der Waals surface area contributed by atoms with Crippen LogP contribution in [-0.4, -0.2) is 48.1 Å². The minimum Gasteiger partial charge on any atom is -0.478 e. The second kappa shape index (κ2) is 8.48. The molecule has 1 fully saturated rings. The minimum absolute atomic E-state index is 0.0833. The summed E-state index contributed by atoms with van der Waals surface area (Å²) in [5.74, 6) is -1.53. The van der Waals surface area contributed by atoms with Crippen LogP contribution < -0.4 is 4.74 Å². The largest absolute Gasteiger partial charge is 0.478 e. The fraction of sp³-hybridized carbons (Fsp3) is 0.471. The molecule has 136 valence electrons. The summed E-state index contributed by atoms with van der Waals surface area (Å²) in [7, 11) is 0. The number of hydrogen-bond acceptors (Lipinski definition) is 7. The van der Waals surface area contributed by atoms with Crippen LogP contribution in [0.5, 0.6) is 5.75 Å². The fourth-order valence-corrected chi connectivity index (χ4v) is 2.41. The number of benzene rings is 1. The Labute approximate surface area is 144 Å². The highest BCUT2D eigenvalue weighted by Crippen LogP contribution is 2.26. The Morgan fingerprint density at radius 2 is 1.80 bits per heavy atom. The maximum Gasteiger partial charge on any atom is 0.335 e. The van der Waals surface area contributed by atoms with Crippen molar-refractivity contribution in [3.05, 3.63) is 29.8 Å². The molecule has 1 aromatic carbocycles. The van der Waals surface area contributed by atoms with Crippen LogP contribution in [0.3, 0.4) is 0 Å². The third-order valence-corrected chi connectivity index (χ3v) is 3.55. The van der Waals surface area contributed by atoms with E-state index in [1.165, 1.54) is 38.1 Å². The van der Waals surface area contributed by atoms with Crippen LogP contribution in [0.4, 0.5) is 0 Å². The zero-order valence-electron chi connectivity index (χ0n) is 14.0. The molecule has 1 heterocycles. The molecule has 0 spiro atoms. The molecule has 2 rings (SSSR count). The number of ether oxygens (including phenoxy) is 4. The first-order valence-electron chi connectivity index (χ1n) is 7.81. The molecule has 0 radical (unpaired) electrons. The lowest BCUT2D eigenvalue weighted by Gasteiger charge is -2.35. The van der Waals surface area contributed by atoms with Gasteiger partial charge in [-0.25, -0.2) is 4.79 Å². The van der Waals surface area contributed by atoms with Crippen LogP contribution in [0.2, 0.25) is 0 Å². The fourth-order valence-electron chi connectivity index (χ4n) is 2.41. The molecule has 1 saturated heterocycles. The number of carbonyl (C=O) groups is 3. The molecule has 1 aliphatic heterocycles. The van der Waals surface area contributed by atoms with E-state index >= 15 is 0 Å². The Morgan fingerprint density at radius 1 is 1.12 bits per heavy atom. The predicted molar refractivity (Wildman–Crippen MR) is 84.1 cm³/mol. The molecule has 1 aromatic rings. The Balaban J connectivity index is 2.05. The van der Waals surface area contributed by atoms with Crippen molar-refractivity contribution < 1.29 is 38.4 Å². The van der Waals surface area contributed by atoms with Crippen molar-refractivity contribution in [2.45, 2.75) is 45.2 Å². The van der Waals surface area contributed by atoms with E-state index in [1.807, 2.05) is 0 Å². The van der Waals surface area contributed by atoms with Crippen molar-refractivity contribution >= 4 is 17.9 Å². The van der Waals surface area contributed by atoms with E-state index in [-0.39, 0.29) is 18.3 Å². The van der Waals surface area contributed by atoms with Crippen LogP contribution in [0.1, 0.15) is 37.0 Å². The Morgan fingerprint density at radius 3 is 2.36 bits per heavy atom. The molecule has 25 heavy (non-hydrogen) atoms. The van der Waals surface area contributed by atoms with Crippen molar-refractivity contribution in [1.29, 1.82) is 0 Å². The van der Waals surface area contributed by atoms with Gasteiger partial charge in [-0.2, -0.15) is 0 Å². The number of aromatic carboxylic acids is 1. The van der Waals surface area contributed by atoms with Gasteiger partial charge in [0.1, 0.15) is 12.4 Å². The van der Waals surface area contributed by atoms with Crippen molar-refractivity contribution in [2.75, 3.05) is 6.61 Å². The molecule has 1 aliphatic rings. The van der Waals surface area contributed by atoms with Crippen molar-refractivity contribution in [3.8, 4) is 5.75 Å². The van der Waals surface area contributed by atoms with Crippen LogP contribution in [0.15, 0.2) is 24.3 Å². The quantitative estimate of drug-likeness (QED) is 0.772. The van der Waals surface area contributed by atoms with Crippen LogP contribution in [-0.2, 0) is 23.8 Å². The third kappa shape index (κ3) is 5.75. The van der Waals surface area contributed by atoms with E-state index in [0.717, 1.165) is 0 Å².